The summed E-state index contributed by atoms with van der Waals surface area (Å²) < 4.78 is 6.06. The molecule has 2 aliphatic carbocycles. The summed E-state index contributed by atoms with van der Waals surface area (Å²) in [6.45, 7) is 1.56. The molecule has 34 heavy (non-hydrogen) atoms. The van der Waals surface area contributed by atoms with E-state index in [9.17, 15) is 9.59 Å². The van der Waals surface area contributed by atoms with Gasteiger partial charge in [-0.1, -0.05) is 62.8 Å². The van der Waals surface area contributed by atoms with Crippen molar-refractivity contribution in [2.45, 2.75) is 83.2 Å². The number of amidine groups is 1. The van der Waals surface area contributed by atoms with Gasteiger partial charge in [-0.3, -0.25) is 19.5 Å². The standard InChI is InChI=1S/C28H32N2O3S/c1-19(31)20-12-14-21(15-13-20)25-17-16-24(33-25)18-26-27(32)30(23-10-6-3-7-11-23)28(34-26)29-22-8-4-2-5-9-22/h12-18,22-23H,2-11H2,1H3. The minimum Gasteiger partial charge on any atom is -0.457 e. The number of nitrogens with zero attached hydrogens (tertiary/aromatic N) is 2. The fraction of sp³-hybridized carbons (Fsp3) is 0.464. The Morgan fingerprint density at radius 3 is 2.32 bits per heavy atom. The van der Waals surface area contributed by atoms with E-state index in [1.807, 2.05) is 47.4 Å². The third kappa shape index (κ3) is 5.07. The van der Waals surface area contributed by atoms with Crippen LogP contribution in [0.15, 0.2) is 50.7 Å². The first-order chi connectivity index (χ1) is 16.6. The van der Waals surface area contributed by atoms with Crippen LogP contribution in [0.2, 0.25) is 0 Å². The van der Waals surface area contributed by atoms with Crippen LogP contribution in [0.4, 0.5) is 0 Å². The van der Waals surface area contributed by atoms with Gasteiger partial charge in [-0.2, -0.15) is 0 Å². The highest BCUT2D eigenvalue weighted by atomic mass is 32.2. The Hall–Kier alpha value is -2.60. The minimum absolute atomic E-state index is 0.0430. The fourth-order valence-electron chi connectivity index (χ4n) is 5.19. The summed E-state index contributed by atoms with van der Waals surface area (Å²) >= 11 is 1.51. The molecule has 5 nitrogen and oxygen atoms in total. The van der Waals surface area contributed by atoms with Gasteiger partial charge >= 0.3 is 0 Å². The van der Waals surface area contributed by atoms with Crippen LogP contribution in [-0.4, -0.2) is 33.8 Å². The van der Waals surface area contributed by atoms with Gasteiger partial charge in [0.15, 0.2) is 11.0 Å². The summed E-state index contributed by atoms with van der Waals surface area (Å²) in [4.78, 5) is 32.8. The van der Waals surface area contributed by atoms with Crippen LogP contribution in [0, 0.1) is 0 Å². The molecule has 1 aromatic carbocycles. The lowest BCUT2D eigenvalue weighted by molar-refractivity contribution is -0.124. The van der Waals surface area contributed by atoms with Crippen molar-refractivity contribution in [2.24, 2.45) is 4.99 Å². The quantitative estimate of drug-likeness (QED) is 0.341. The second kappa shape index (κ2) is 10.3. The monoisotopic (exact) mass is 476 g/mol. The Kier molecular flexibility index (Phi) is 7.05. The molecule has 0 bridgehead atoms. The van der Waals surface area contributed by atoms with Crippen LogP contribution in [0.25, 0.3) is 17.4 Å². The highest BCUT2D eigenvalue weighted by Gasteiger charge is 2.39. The summed E-state index contributed by atoms with van der Waals surface area (Å²) in [6.07, 6.45) is 13.6. The van der Waals surface area contributed by atoms with E-state index in [1.165, 1.54) is 50.3 Å². The van der Waals surface area contributed by atoms with E-state index >= 15 is 0 Å². The molecule has 178 valence electrons. The lowest BCUT2D eigenvalue weighted by Crippen LogP contribution is -2.41. The molecule has 1 amide bonds. The van der Waals surface area contributed by atoms with Crippen LogP contribution >= 0.6 is 11.8 Å². The highest BCUT2D eigenvalue weighted by Crippen LogP contribution is 2.39. The van der Waals surface area contributed by atoms with E-state index in [0.717, 1.165) is 42.2 Å². The van der Waals surface area contributed by atoms with Gasteiger partial charge in [0.2, 0.25) is 0 Å². The van der Waals surface area contributed by atoms with Crippen LogP contribution < -0.4 is 0 Å². The Labute approximate surface area is 205 Å². The lowest BCUT2D eigenvalue weighted by Gasteiger charge is -2.31. The summed E-state index contributed by atoms with van der Waals surface area (Å²) in [5, 5.41) is 0.890. The molecule has 6 heteroatoms. The molecule has 2 saturated carbocycles. The van der Waals surface area contributed by atoms with E-state index in [4.69, 9.17) is 9.41 Å². The number of hydrogen-bond donors (Lipinski definition) is 0. The number of hydrogen-bond acceptors (Lipinski definition) is 5. The molecule has 1 saturated heterocycles. The van der Waals surface area contributed by atoms with Crippen LogP contribution in [0.3, 0.4) is 0 Å². The summed E-state index contributed by atoms with van der Waals surface area (Å²) in [7, 11) is 0. The molecule has 0 radical (unpaired) electrons. The fourth-order valence-corrected chi connectivity index (χ4v) is 6.28. The van der Waals surface area contributed by atoms with Gasteiger partial charge < -0.3 is 4.42 Å². The third-order valence-corrected chi connectivity index (χ3v) is 8.12. The predicted octanol–water partition coefficient (Wildman–Crippen LogP) is 7.09. The molecule has 1 aromatic heterocycles. The molecule has 2 heterocycles. The number of carbonyl (C=O) groups is 2. The Bertz CT molecular complexity index is 1100. The van der Waals surface area contributed by atoms with Crippen molar-refractivity contribution in [2.75, 3.05) is 0 Å². The topological polar surface area (TPSA) is 62.9 Å². The molecule has 5 rings (SSSR count). The molecule has 0 spiro atoms. The van der Waals surface area contributed by atoms with Gasteiger partial charge in [-0.15, -0.1) is 0 Å². The first-order valence-electron chi connectivity index (χ1n) is 12.6. The van der Waals surface area contributed by atoms with E-state index in [-0.39, 0.29) is 17.7 Å². The van der Waals surface area contributed by atoms with Crippen molar-refractivity contribution < 1.29 is 14.0 Å². The van der Waals surface area contributed by atoms with Gasteiger partial charge in [0, 0.05) is 23.2 Å². The second-order valence-corrected chi connectivity index (χ2v) is 10.6. The van der Waals surface area contributed by atoms with Gasteiger partial charge in [-0.05, 0) is 56.5 Å². The molecule has 1 aliphatic heterocycles. The maximum absolute atomic E-state index is 13.5. The molecule has 2 aromatic rings. The first-order valence-corrected chi connectivity index (χ1v) is 13.4. The highest BCUT2D eigenvalue weighted by molar-refractivity contribution is 8.18. The normalized spacial score (nSPS) is 22.7. The molecule has 3 aliphatic rings. The van der Waals surface area contributed by atoms with E-state index < -0.39 is 0 Å². The maximum atomic E-state index is 13.5. The average molecular weight is 477 g/mol. The molecule has 3 fully saturated rings. The molecule has 0 atom stereocenters. The maximum Gasteiger partial charge on any atom is 0.267 e. The van der Waals surface area contributed by atoms with Crippen LogP contribution in [-0.2, 0) is 4.79 Å². The molecular weight excluding hydrogens is 444 g/mol. The van der Waals surface area contributed by atoms with Crippen LogP contribution in [0.5, 0.6) is 0 Å². The predicted molar refractivity (Wildman–Crippen MR) is 138 cm³/mol. The number of amides is 1. The number of carbonyl (C=O) groups excluding carboxylic acids is 2. The SMILES string of the molecule is CC(=O)c1ccc(-c2ccc(C=C3SC(=NC4CCCCC4)N(C4CCCCC4)C3=O)o2)cc1. The van der Waals surface area contributed by atoms with Crippen molar-refractivity contribution in [3.05, 3.63) is 52.6 Å². The molecule has 0 unspecified atom stereocenters. The first kappa shape index (κ1) is 23.2. The van der Waals surface area contributed by atoms with Crippen molar-refractivity contribution in [3.63, 3.8) is 0 Å². The molecule has 0 N–H and O–H groups in total. The largest absolute Gasteiger partial charge is 0.457 e. The van der Waals surface area contributed by atoms with Gasteiger partial charge in [0.05, 0.1) is 10.9 Å². The zero-order chi connectivity index (χ0) is 23.5. The average Bonchev–Trinajstić information content (AvgIpc) is 3.45. The number of benzene rings is 1. The minimum atomic E-state index is 0.0430. The van der Waals surface area contributed by atoms with Gasteiger partial charge in [0.1, 0.15) is 11.5 Å². The number of thioether (sulfide) groups is 1. The summed E-state index contributed by atoms with van der Waals surface area (Å²) in [5.74, 6) is 1.48. The van der Waals surface area contributed by atoms with E-state index in [1.54, 1.807) is 6.92 Å². The Morgan fingerprint density at radius 2 is 1.65 bits per heavy atom. The number of furan rings is 1. The number of aliphatic imine (C=N–C) groups is 1. The summed E-state index contributed by atoms with van der Waals surface area (Å²) in [6, 6.07) is 11.8. The molecular formula is C28H32N2O3S. The van der Waals surface area contributed by atoms with Crippen molar-refractivity contribution in [1.29, 1.82) is 0 Å². The second-order valence-electron chi connectivity index (χ2n) is 9.62. The lowest BCUT2D eigenvalue weighted by atomic mass is 9.94. The Morgan fingerprint density at radius 1 is 0.971 bits per heavy atom. The zero-order valence-electron chi connectivity index (χ0n) is 19.8. The van der Waals surface area contributed by atoms with E-state index in [0.29, 0.717) is 22.3 Å². The van der Waals surface area contributed by atoms with Gasteiger partial charge in [0.25, 0.3) is 5.91 Å². The summed E-state index contributed by atoms with van der Waals surface area (Å²) in [5.41, 5.74) is 1.58. The number of rotatable bonds is 5. The number of ketones is 1. The van der Waals surface area contributed by atoms with Crippen LogP contribution in [0.1, 0.15) is 87.3 Å². The third-order valence-electron chi connectivity index (χ3n) is 7.12. The zero-order valence-corrected chi connectivity index (χ0v) is 20.6. The van der Waals surface area contributed by atoms with Crippen molar-refractivity contribution in [3.8, 4) is 11.3 Å². The van der Waals surface area contributed by atoms with Crippen molar-refractivity contribution in [1.82, 2.24) is 4.90 Å². The van der Waals surface area contributed by atoms with Gasteiger partial charge in [-0.25, -0.2) is 0 Å². The Balaban J connectivity index is 1.39. The smallest absolute Gasteiger partial charge is 0.267 e. The number of Topliss-reactive ketones (excluding diaryl/α,β-unsaturated/α-hetero) is 1. The van der Waals surface area contributed by atoms with Crippen molar-refractivity contribution >= 4 is 34.7 Å². The van der Waals surface area contributed by atoms with E-state index in [2.05, 4.69) is 0 Å².